The summed E-state index contributed by atoms with van der Waals surface area (Å²) in [4.78, 5) is 11.3. The molecule has 1 unspecified atom stereocenters. The van der Waals surface area contributed by atoms with Crippen LogP contribution in [0.3, 0.4) is 0 Å². The maximum Gasteiger partial charge on any atom is 0.408 e. The van der Waals surface area contributed by atoms with Gasteiger partial charge in [0.1, 0.15) is 0 Å². The first kappa shape index (κ1) is 20.6. The van der Waals surface area contributed by atoms with E-state index in [0.29, 0.717) is 13.0 Å². The van der Waals surface area contributed by atoms with Crippen LogP contribution in [-0.4, -0.2) is 18.2 Å². The van der Waals surface area contributed by atoms with Gasteiger partial charge in [0, 0.05) is 6.54 Å². The van der Waals surface area contributed by atoms with Crippen LogP contribution in [0.2, 0.25) is 0 Å². The van der Waals surface area contributed by atoms with Crippen molar-refractivity contribution in [2.45, 2.75) is 96.5 Å². The summed E-state index contributed by atoms with van der Waals surface area (Å²) in [5.41, 5.74) is -0.512. The molecule has 0 heterocycles. The molecule has 0 aromatic rings. The molecule has 0 saturated heterocycles. The van der Waals surface area contributed by atoms with Gasteiger partial charge in [-0.2, -0.15) is 0 Å². The first-order chi connectivity index (χ1) is 10.2. The van der Waals surface area contributed by atoms with E-state index < -0.39 is 11.7 Å². The Morgan fingerprint density at radius 2 is 1.38 bits per heavy atom. The Balaban J connectivity index is 3.13. The number of ether oxygens (including phenoxy) is 1. The van der Waals surface area contributed by atoms with Gasteiger partial charge in [0.05, 0.1) is 0 Å². The van der Waals surface area contributed by atoms with Crippen molar-refractivity contribution in [3.63, 3.8) is 0 Å². The SMILES string of the molecule is CCCCCCCCCCCCCNC(=O)OC(Cl)CC. The first-order valence-electron chi connectivity index (χ1n) is 8.79. The van der Waals surface area contributed by atoms with Crippen LogP contribution in [0.5, 0.6) is 0 Å². The lowest BCUT2D eigenvalue weighted by Crippen LogP contribution is -2.27. The van der Waals surface area contributed by atoms with Crippen molar-refractivity contribution >= 4 is 17.7 Å². The summed E-state index contributed by atoms with van der Waals surface area (Å²) in [5, 5.41) is 2.73. The van der Waals surface area contributed by atoms with Crippen molar-refractivity contribution in [3.05, 3.63) is 0 Å². The zero-order chi connectivity index (χ0) is 15.8. The lowest BCUT2D eigenvalue weighted by Gasteiger charge is -2.09. The second-order valence-electron chi connectivity index (χ2n) is 5.69. The van der Waals surface area contributed by atoms with Crippen LogP contribution in [0.1, 0.15) is 90.9 Å². The average molecular weight is 320 g/mol. The summed E-state index contributed by atoms with van der Waals surface area (Å²) in [6.45, 7) is 4.82. The Labute approximate surface area is 136 Å². The Hall–Kier alpha value is -0.440. The molecule has 0 aliphatic carbocycles. The summed E-state index contributed by atoms with van der Waals surface area (Å²) in [6, 6.07) is 0. The van der Waals surface area contributed by atoms with Crippen molar-refractivity contribution in [1.82, 2.24) is 5.32 Å². The summed E-state index contributed by atoms with van der Waals surface area (Å²) < 4.78 is 4.91. The molecule has 0 saturated carbocycles. The number of hydrogen-bond acceptors (Lipinski definition) is 2. The molecule has 3 nitrogen and oxygen atoms in total. The van der Waals surface area contributed by atoms with Crippen molar-refractivity contribution in [3.8, 4) is 0 Å². The van der Waals surface area contributed by atoms with E-state index >= 15 is 0 Å². The minimum Gasteiger partial charge on any atom is -0.430 e. The molecule has 0 fully saturated rings. The average Bonchev–Trinajstić information content (AvgIpc) is 2.48. The Morgan fingerprint density at radius 3 is 1.86 bits per heavy atom. The van der Waals surface area contributed by atoms with Crippen LogP contribution >= 0.6 is 11.6 Å². The smallest absolute Gasteiger partial charge is 0.408 e. The molecule has 1 N–H and O–H groups in total. The number of nitrogens with one attached hydrogen (secondary N) is 1. The van der Waals surface area contributed by atoms with E-state index in [-0.39, 0.29) is 0 Å². The van der Waals surface area contributed by atoms with Gasteiger partial charge in [0.15, 0.2) is 5.56 Å². The number of unbranched alkanes of at least 4 members (excludes halogenated alkanes) is 10. The highest BCUT2D eigenvalue weighted by atomic mass is 35.5. The number of halogens is 1. The Kier molecular flexibility index (Phi) is 15.6. The van der Waals surface area contributed by atoms with Crippen LogP contribution in [0.4, 0.5) is 4.79 Å². The van der Waals surface area contributed by atoms with Gasteiger partial charge in [0.2, 0.25) is 0 Å². The number of rotatable bonds is 14. The zero-order valence-corrected chi connectivity index (χ0v) is 14.7. The topological polar surface area (TPSA) is 38.3 Å². The molecule has 0 aliphatic rings. The third kappa shape index (κ3) is 15.8. The molecule has 0 aromatic heterocycles. The van der Waals surface area contributed by atoms with Crippen molar-refractivity contribution in [2.75, 3.05) is 6.54 Å². The van der Waals surface area contributed by atoms with Gasteiger partial charge in [0.25, 0.3) is 0 Å². The highest BCUT2D eigenvalue weighted by Crippen LogP contribution is 2.11. The van der Waals surface area contributed by atoms with Gasteiger partial charge in [-0.05, 0) is 12.8 Å². The molecular weight excluding hydrogens is 286 g/mol. The highest BCUT2D eigenvalue weighted by molar-refractivity contribution is 6.20. The van der Waals surface area contributed by atoms with E-state index in [4.69, 9.17) is 16.3 Å². The molecule has 21 heavy (non-hydrogen) atoms. The van der Waals surface area contributed by atoms with Crippen LogP contribution in [0.15, 0.2) is 0 Å². The molecule has 0 aromatic carbocycles. The molecule has 0 radical (unpaired) electrons. The molecule has 0 bridgehead atoms. The monoisotopic (exact) mass is 319 g/mol. The van der Waals surface area contributed by atoms with Crippen molar-refractivity contribution < 1.29 is 9.53 Å². The molecule has 0 rings (SSSR count). The standard InChI is InChI=1S/C17H34ClNO2/c1-3-5-6-7-8-9-10-11-12-13-14-15-19-17(20)21-16(18)4-2/h16H,3-15H2,1-2H3,(H,19,20). The van der Waals surface area contributed by atoms with E-state index in [0.717, 1.165) is 6.42 Å². The quantitative estimate of drug-likeness (QED) is 0.315. The second-order valence-corrected chi connectivity index (χ2v) is 6.17. The number of amides is 1. The molecule has 0 aliphatic heterocycles. The van der Waals surface area contributed by atoms with E-state index in [1.165, 1.54) is 64.2 Å². The van der Waals surface area contributed by atoms with Crippen molar-refractivity contribution in [2.24, 2.45) is 0 Å². The molecule has 0 spiro atoms. The number of carbonyl (C=O) groups is 1. The van der Waals surface area contributed by atoms with E-state index in [9.17, 15) is 4.79 Å². The number of alkyl carbamates (subject to hydrolysis) is 1. The number of alkyl halides is 1. The lowest BCUT2D eigenvalue weighted by atomic mass is 10.1. The van der Waals surface area contributed by atoms with Gasteiger partial charge in [-0.25, -0.2) is 4.79 Å². The van der Waals surface area contributed by atoms with E-state index in [1.54, 1.807) is 0 Å². The summed E-state index contributed by atoms with van der Waals surface area (Å²) in [7, 11) is 0. The fraction of sp³-hybridized carbons (Fsp3) is 0.941. The lowest BCUT2D eigenvalue weighted by molar-refractivity contribution is 0.131. The van der Waals surface area contributed by atoms with Crippen LogP contribution < -0.4 is 5.32 Å². The second kappa shape index (κ2) is 15.9. The third-order valence-corrected chi connectivity index (χ3v) is 4.00. The maximum atomic E-state index is 11.3. The number of carbonyl (C=O) groups excluding carboxylic acids is 1. The molecule has 1 atom stereocenters. The largest absolute Gasteiger partial charge is 0.430 e. The van der Waals surface area contributed by atoms with Gasteiger partial charge in [-0.1, -0.05) is 89.7 Å². The predicted octanol–water partition coefficient (Wildman–Crippen LogP) is 6.00. The van der Waals surface area contributed by atoms with Gasteiger partial charge < -0.3 is 10.1 Å². The summed E-state index contributed by atoms with van der Waals surface area (Å²) in [6.07, 6.45) is 14.6. The predicted molar refractivity (Wildman–Crippen MR) is 90.9 cm³/mol. The molecular formula is C17H34ClNO2. The fourth-order valence-corrected chi connectivity index (χ4v) is 2.30. The first-order valence-corrected chi connectivity index (χ1v) is 9.22. The molecule has 126 valence electrons. The minimum absolute atomic E-state index is 0.399. The zero-order valence-electron chi connectivity index (χ0n) is 14.0. The normalized spacial score (nSPS) is 12.1. The van der Waals surface area contributed by atoms with Crippen LogP contribution in [0, 0.1) is 0 Å². The van der Waals surface area contributed by atoms with E-state index in [2.05, 4.69) is 12.2 Å². The van der Waals surface area contributed by atoms with Gasteiger partial charge in [-0.15, -0.1) is 0 Å². The minimum atomic E-state index is -0.512. The maximum absolute atomic E-state index is 11.3. The van der Waals surface area contributed by atoms with Crippen LogP contribution in [-0.2, 0) is 4.74 Å². The summed E-state index contributed by atoms with van der Waals surface area (Å²) in [5.74, 6) is 0. The van der Waals surface area contributed by atoms with Gasteiger partial charge >= 0.3 is 6.09 Å². The summed E-state index contributed by atoms with van der Waals surface area (Å²) >= 11 is 5.73. The number of hydrogen-bond donors (Lipinski definition) is 1. The molecule has 1 amide bonds. The van der Waals surface area contributed by atoms with Crippen molar-refractivity contribution in [1.29, 1.82) is 0 Å². The molecule has 4 heteroatoms. The third-order valence-electron chi connectivity index (χ3n) is 3.61. The van der Waals surface area contributed by atoms with E-state index in [1.807, 2.05) is 6.92 Å². The fourth-order valence-electron chi connectivity index (χ4n) is 2.22. The van der Waals surface area contributed by atoms with Gasteiger partial charge in [-0.3, -0.25) is 0 Å². The van der Waals surface area contributed by atoms with Crippen LogP contribution in [0.25, 0.3) is 0 Å². The highest BCUT2D eigenvalue weighted by Gasteiger charge is 2.07. The Morgan fingerprint density at radius 1 is 0.905 bits per heavy atom. The Bertz CT molecular complexity index is 237.